The zero-order chi connectivity index (χ0) is 10.6. The molecule has 1 nitrogen and oxygen atoms in total. The second kappa shape index (κ2) is 4.75. The summed E-state index contributed by atoms with van der Waals surface area (Å²) in [7, 11) is 0. The van der Waals surface area contributed by atoms with Gasteiger partial charge in [-0.1, -0.05) is 39.1 Å². The van der Waals surface area contributed by atoms with E-state index in [-0.39, 0.29) is 0 Å². The Hall–Kier alpha value is -1.37. The fourth-order valence-corrected chi connectivity index (χ4v) is 1.40. The summed E-state index contributed by atoms with van der Waals surface area (Å²) in [5.74, 6) is 0.634. The summed E-state index contributed by atoms with van der Waals surface area (Å²) in [6.45, 7) is 11.9. The molecule has 1 aromatic rings. The summed E-state index contributed by atoms with van der Waals surface area (Å²) in [6.07, 6.45) is 4.60. The summed E-state index contributed by atoms with van der Waals surface area (Å²) in [6, 6.07) is 4.11. The van der Waals surface area contributed by atoms with E-state index in [9.17, 15) is 0 Å². The number of rotatable bonds is 4. The second-order valence-electron chi connectivity index (χ2n) is 3.78. The molecule has 0 radical (unpaired) electrons. The van der Waals surface area contributed by atoms with Gasteiger partial charge in [-0.3, -0.25) is 4.98 Å². The van der Waals surface area contributed by atoms with E-state index in [0.29, 0.717) is 5.92 Å². The molecule has 1 heterocycles. The molecule has 0 spiro atoms. The van der Waals surface area contributed by atoms with Crippen LogP contribution in [0.1, 0.15) is 30.8 Å². The van der Waals surface area contributed by atoms with E-state index in [1.54, 1.807) is 6.08 Å². The van der Waals surface area contributed by atoms with Crippen LogP contribution in [-0.2, 0) is 6.42 Å². The molecule has 0 atom stereocenters. The van der Waals surface area contributed by atoms with Gasteiger partial charge in [-0.05, 0) is 30.0 Å². The van der Waals surface area contributed by atoms with Crippen molar-refractivity contribution in [2.75, 3.05) is 0 Å². The predicted octanol–water partition coefficient (Wildman–Crippen LogP) is 3.57. The highest BCUT2D eigenvalue weighted by molar-refractivity contribution is 5.60. The molecule has 0 aliphatic rings. The number of hydrogen-bond acceptors (Lipinski definition) is 1. The Balaban J connectivity index is 3.01. The lowest BCUT2D eigenvalue weighted by atomic mass is 10.1. The molecule has 0 aliphatic heterocycles. The van der Waals surface area contributed by atoms with Crippen LogP contribution in [0, 0.1) is 5.92 Å². The van der Waals surface area contributed by atoms with Crippen LogP contribution < -0.4 is 0 Å². The second-order valence-corrected chi connectivity index (χ2v) is 3.78. The molecule has 1 aromatic heterocycles. The molecule has 0 N–H and O–H groups in total. The molecule has 0 unspecified atom stereocenters. The first-order chi connectivity index (χ1) is 6.67. The van der Waals surface area contributed by atoms with E-state index < -0.39 is 0 Å². The Morgan fingerprint density at radius 2 is 2.00 bits per heavy atom. The lowest BCUT2D eigenvalue weighted by molar-refractivity contribution is 0.635. The average Bonchev–Trinajstić information content (AvgIpc) is 2.16. The van der Waals surface area contributed by atoms with Gasteiger partial charge in [0.15, 0.2) is 0 Å². The number of hydrogen-bond donors (Lipinski definition) is 0. The zero-order valence-corrected chi connectivity index (χ0v) is 8.96. The zero-order valence-electron chi connectivity index (χ0n) is 8.96. The molecular weight excluding hydrogens is 170 g/mol. The molecule has 0 saturated heterocycles. The van der Waals surface area contributed by atoms with Gasteiger partial charge < -0.3 is 0 Å². The summed E-state index contributed by atoms with van der Waals surface area (Å²) < 4.78 is 0. The van der Waals surface area contributed by atoms with Gasteiger partial charge in [0, 0.05) is 5.69 Å². The van der Waals surface area contributed by atoms with Crippen molar-refractivity contribution in [1.82, 2.24) is 4.98 Å². The molecule has 0 fully saturated rings. The molecule has 0 bridgehead atoms. The van der Waals surface area contributed by atoms with Crippen LogP contribution in [0.4, 0.5) is 0 Å². The van der Waals surface area contributed by atoms with Crippen LogP contribution in [0.3, 0.4) is 0 Å². The van der Waals surface area contributed by atoms with Crippen LogP contribution in [0.25, 0.3) is 12.2 Å². The first-order valence-electron chi connectivity index (χ1n) is 4.92. The summed E-state index contributed by atoms with van der Waals surface area (Å²) in [5, 5.41) is 0. The maximum Gasteiger partial charge on any atom is 0.0699 e. The minimum Gasteiger partial charge on any atom is -0.253 e. The minimum absolute atomic E-state index is 0.634. The normalized spacial score (nSPS) is 10.2. The van der Waals surface area contributed by atoms with E-state index in [4.69, 9.17) is 0 Å². The molecular formula is C13H17N. The highest BCUT2D eigenvalue weighted by atomic mass is 14.7. The van der Waals surface area contributed by atoms with Crippen molar-refractivity contribution in [1.29, 1.82) is 0 Å². The highest BCUT2D eigenvalue weighted by Crippen LogP contribution is 2.13. The molecule has 1 heteroatoms. The lowest BCUT2D eigenvalue weighted by Gasteiger charge is -2.06. The molecule has 74 valence electrons. The molecule has 0 amide bonds. The standard InChI is InChI=1S/C13H17N/c1-5-11-7-8-12(9-10(3)4)14-13(11)6-2/h5-8,10H,1-2,9H2,3-4H3. The van der Waals surface area contributed by atoms with Crippen LogP contribution in [0.15, 0.2) is 25.3 Å². The highest BCUT2D eigenvalue weighted by Gasteiger charge is 2.02. The van der Waals surface area contributed by atoms with Crippen LogP contribution in [0.2, 0.25) is 0 Å². The Bertz CT molecular complexity index is 337. The largest absolute Gasteiger partial charge is 0.253 e. The van der Waals surface area contributed by atoms with Gasteiger partial charge in [-0.25, -0.2) is 0 Å². The van der Waals surface area contributed by atoms with Crippen LogP contribution >= 0.6 is 0 Å². The Kier molecular flexibility index (Phi) is 3.63. The van der Waals surface area contributed by atoms with E-state index in [1.165, 1.54) is 0 Å². The lowest BCUT2D eigenvalue weighted by Crippen LogP contribution is -1.99. The SMILES string of the molecule is C=Cc1ccc(CC(C)C)nc1C=C. The Labute approximate surface area is 86.2 Å². The van der Waals surface area contributed by atoms with Crippen molar-refractivity contribution < 1.29 is 0 Å². The third kappa shape index (κ3) is 2.56. The third-order valence-electron chi connectivity index (χ3n) is 2.05. The monoisotopic (exact) mass is 187 g/mol. The van der Waals surface area contributed by atoms with Crippen molar-refractivity contribution in [3.8, 4) is 0 Å². The quantitative estimate of drug-likeness (QED) is 0.702. The van der Waals surface area contributed by atoms with E-state index in [1.807, 2.05) is 6.08 Å². The fraction of sp³-hybridized carbons (Fsp3) is 0.308. The third-order valence-corrected chi connectivity index (χ3v) is 2.05. The molecule has 0 aromatic carbocycles. The van der Waals surface area contributed by atoms with Crippen molar-refractivity contribution >= 4 is 12.2 Å². The van der Waals surface area contributed by atoms with Gasteiger partial charge in [-0.15, -0.1) is 0 Å². The van der Waals surface area contributed by atoms with Gasteiger partial charge >= 0.3 is 0 Å². The Morgan fingerprint density at radius 3 is 2.50 bits per heavy atom. The first kappa shape index (κ1) is 10.7. The molecule has 0 aliphatic carbocycles. The maximum atomic E-state index is 4.51. The van der Waals surface area contributed by atoms with Gasteiger partial charge in [-0.2, -0.15) is 0 Å². The number of pyridine rings is 1. The minimum atomic E-state index is 0.634. The van der Waals surface area contributed by atoms with Gasteiger partial charge in [0.1, 0.15) is 0 Å². The van der Waals surface area contributed by atoms with Crippen molar-refractivity contribution in [3.63, 3.8) is 0 Å². The predicted molar refractivity (Wildman–Crippen MR) is 63.0 cm³/mol. The van der Waals surface area contributed by atoms with E-state index >= 15 is 0 Å². The number of nitrogens with zero attached hydrogens (tertiary/aromatic N) is 1. The topological polar surface area (TPSA) is 12.9 Å². The van der Waals surface area contributed by atoms with Crippen LogP contribution in [-0.4, -0.2) is 4.98 Å². The molecule has 14 heavy (non-hydrogen) atoms. The smallest absolute Gasteiger partial charge is 0.0699 e. The maximum absolute atomic E-state index is 4.51. The molecule has 0 saturated carbocycles. The van der Waals surface area contributed by atoms with Gasteiger partial charge in [0.2, 0.25) is 0 Å². The molecule has 1 rings (SSSR count). The van der Waals surface area contributed by atoms with Gasteiger partial charge in [0.25, 0.3) is 0 Å². The fourth-order valence-electron chi connectivity index (χ4n) is 1.40. The summed E-state index contributed by atoms with van der Waals surface area (Å²) >= 11 is 0. The summed E-state index contributed by atoms with van der Waals surface area (Å²) in [5.41, 5.74) is 3.10. The van der Waals surface area contributed by atoms with Crippen molar-refractivity contribution in [2.45, 2.75) is 20.3 Å². The van der Waals surface area contributed by atoms with E-state index in [2.05, 4.69) is 44.1 Å². The van der Waals surface area contributed by atoms with Gasteiger partial charge in [0.05, 0.1) is 5.69 Å². The first-order valence-corrected chi connectivity index (χ1v) is 4.92. The van der Waals surface area contributed by atoms with Crippen LogP contribution in [0.5, 0.6) is 0 Å². The number of aromatic nitrogens is 1. The summed E-state index contributed by atoms with van der Waals surface area (Å²) in [4.78, 5) is 4.51. The Morgan fingerprint density at radius 1 is 1.29 bits per heavy atom. The van der Waals surface area contributed by atoms with Crippen molar-refractivity contribution in [2.24, 2.45) is 5.92 Å². The van der Waals surface area contributed by atoms with E-state index in [0.717, 1.165) is 23.4 Å². The van der Waals surface area contributed by atoms with Crippen molar-refractivity contribution in [3.05, 3.63) is 42.2 Å². The average molecular weight is 187 g/mol.